The Kier molecular flexibility index (Phi) is 6.34. The quantitative estimate of drug-likeness (QED) is 0.833. The zero-order valence-electron chi connectivity index (χ0n) is 13.5. The monoisotopic (exact) mass is 309 g/mol. The van der Waals surface area contributed by atoms with E-state index in [1.165, 1.54) is 17.7 Å². The summed E-state index contributed by atoms with van der Waals surface area (Å²) in [5, 5.41) is 4.22. The molecule has 0 amide bonds. The molecular formula is C17H28ClN3. The SMILES string of the molecule is CCNCc1ccc(N2CCC(N(CC)CC)C2)c(Cl)c1. The summed E-state index contributed by atoms with van der Waals surface area (Å²) in [5.74, 6) is 0. The van der Waals surface area contributed by atoms with Gasteiger partial charge in [0.2, 0.25) is 0 Å². The first-order chi connectivity index (χ1) is 10.2. The molecule has 1 aliphatic heterocycles. The minimum Gasteiger partial charge on any atom is -0.369 e. The van der Waals surface area contributed by atoms with Crippen LogP contribution in [0.3, 0.4) is 0 Å². The molecule has 0 spiro atoms. The third-order valence-electron chi connectivity index (χ3n) is 4.42. The van der Waals surface area contributed by atoms with Gasteiger partial charge in [-0.15, -0.1) is 0 Å². The fourth-order valence-corrected chi connectivity index (χ4v) is 3.51. The van der Waals surface area contributed by atoms with Crippen molar-refractivity contribution in [1.82, 2.24) is 10.2 Å². The van der Waals surface area contributed by atoms with Gasteiger partial charge in [0.15, 0.2) is 0 Å². The molecule has 0 saturated carbocycles. The van der Waals surface area contributed by atoms with E-state index < -0.39 is 0 Å². The molecule has 3 nitrogen and oxygen atoms in total. The minimum absolute atomic E-state index is 0.664. The predicted octanol–water partition coefficient (Wildman–Crippen LogP) is 3.37. The molecule has 1 N–H and O–H groups in total. The van der Waals surface area contributed by atoms with Crippen molar-refractivity contribution in [2.24, 2.45) is 0 Å². The highest BCUT2D eigenvalue weighted by atomic mass is 35.5. The van der Waals surface area contributed by atoms with E-state index in [1.54, 1.807) is 0 Å². The number of likely N-dealkylation sites (N-methyl/N-ethyl adjacent to an activating group) is 1. The van der Waals surface area contributed by atoms with Gasteiger partial charge in [0.1, 0.15) is 0 Å². The number of nitrogens with zero attached hydrogens (tertiary/aromatic N) is 2. The van der Waals surface area contributed by atoms with Crippen LogP contribution < -0.4 is 10.2 Å². The van der Waals surface area contributed by atoms with Crippen molar-refractivity contribution in [3.63, 3.8) is 0 Å². The predicted molar refractivity (Wildman–Crippen MR) is 92.4 cm³/mol. The zero-order chi connectivity index (χ0) is 15.2. The highest BCUT2D eigenvalue weighted by Gasteiger charge is 2.27. The van der Waals surface area contributed by atoms with Crippen molar-refractivity contribution in [1.29, 1.82) is 0 Å². The maximum absolute atomic E-state index is 6.50. The van der Waals surface area contributed by atoms with Crippen molar-refractivity contribution in [3.05, 3.63) is 28.8 Å². The summed E-state index contributed by atoms with van der Waals surface area (Å²) in [6.45, 7) is 12.9. The Labute approximate surface area is 134 Å². The van der Waals surface area contributed by atoms with E-state index in [-0.39, 0.29) is 0 Å². The fourth-order valence-electron chi connectivity index (χ4n) is 3.18. The lowest BCUT2D eigenvalue weighted by molar-refractivity contribution is 0.232. The first-order valence-electron chi connectivity index (χ1n) is 8.17. The Morgan fingerprint density at radius 3 is 2.67 bits per heavy atom. The van der Waals surface area contributed by atoms with Crippen LogP contribution in [0.4, 0.5) is 5.69 Å². The van der Waals surface area contributed by atoms with E-state index in [0.29, 0.717) is 6.04 Å². The largest absolute Gasteiger partial charge is 0.369 e. The first-order valence-corrected chi connectivity index (χ1v) is 8.55. The second-order valence-corrected chi connectivity index (χ2v) is 6.08. The highest BCUT2D eigenvalue weighted by Crippen LogP contribution is 2.30. The van der Waals surface area contributed by atoms with Gasteiger partial charge >= 0.3 is 0 Å². The first kappa shape index (κ1) is 16.6. The molecule has 1 aromatic carbocycles. The topological polar surface area (TPSA) is 18.5 Å². The van der Waals surface area contributed by atoms with Gasteiger partial charge in [0.25, 0.3) is 0 Å². The number of nitrogens with one attached hydrogen (secondary N) is 1. The molecular weight excluding hydrogens is 282 g/mol. The number of halogens is 1. The van der Waals surface area contributed by atoms with Crippen molar-refractivity contribution in [2.75, 3.05) is 37.6 Å². The molecule has 0 aromatic heterocycles. The van der Waals surface area contributed by atoms with Gasteiger partial charge in [0, 0.05) is 25.7 Å². The Bertz CT molecular complexity index is 446. The third-order valence-corrected chi connectivity index (χ3v) is 4.73. The summed E-state index contributed by atoms with van der Waals surface area (Å²) in [5.41, 5.74) is 2.44. The fraction of sp³-hybridized carbons (Fsp3) is 0.647. The lowest BCUT2D eigenvalue weighted by Crippen LogP contribution is -2.37. The molecule has 1 atom stereocenters. The number of hydrogen-bond donors (Lipinski definition) is 1. The van der Waals surface area contributed by atoms with Gasteiger partial charge in [-0.3, -0.25) is 4.90 Å². The van der Waals surface area contributed by atoms with Crippen LogP contribution >= 0.6 is 11.6 Å². The van der Waals surface area contributed by atoms with Gasteiger partial charge in [0.05, 0.1) is 10.7 Å². The molecule has 2 rings (SSSR count). The van der Waals surface area contributed by atoms with Gasteiger partial charge < -0.3 is 10.2 Å². The van der Waals surface area contributed by atoms with Crippen LogP contribution in [0.25, 0.3) is 0 Å². The average Bonchev–Trinajstić information content (AvgIpc) is 2.96. The van der Waals surface area contributed by atoms with Gasteiger partial charge in [-0.2, -0.15) is 0 Å². The molecule has 1 unspecified atom stereocenters. The second-order valence-electron chi connectivity index (χ2n) is 5.68. The maximum atomic E-state index is 6.50. The molecule has 1 aromatic rings. The van der Waals surface area contributed by atoms with E-state index >= 15 is 0 Å². The molecule has 0 radical (unpaired) electrons. The van der Waals surface area contributed by atoms with Gasteiger partial charge in [-0.05, 0) is 43.8 Å². The van der Waals surface area contributed by atoms with Crippen molar-refractivity contribution < 1.29 is 0 Å². The Morgan fingerprint density at radius 1 is 1.29 bits per heavy atom. The second kappa shape index (κ2) is 8.02. The van der Waals surface area contributed by atoms with Crippen molar-refractivity contribution >= 4 is 17.3 Å². The Morgan fingerprint density at radius 2 is 2.05 bits per heavy atom. The Hall–Kier alpha value is -0.770. The van der Waals surface area contributed by atoms with E-state index in [9.17, 15) is 0 Å². The van der Waals surface area contributed by atoms with E-state index in [0.717, 1.165) is 44.3 Å². The van der Waals surface area contributed by atoms with Crippen LogP contribution in [0.2, 0.25) is 5.02 Å². The van der Waals surface area contributed by atoms with Gasteiger partial charge in [-0.1, -0.05) is 38.4 Å². The molecule has 0 bridgehead atoms. The molecule has 1 aliphatic rings. The number of benzene rings is 1. The molecule has 1 saturated heterocycles. The summed E-state index contributed by atoms with van der Waals surface area (Å²) >= 11 is 6.50. The van der Waals surface area contributed by atoms with Crippen LogP contribution in [-0.2, 0) is 6.54 Å². The third kappa shape index (κ3) is 4.12. The van der Waals surface area contributed by atoms with Crippen LogP contribution in [-0.4, -0.2) is 43.7 Å². The molecule has 21 heavy (non-hydrogen) atoms. The minimum atomic E-state index is 0.664. The summed E-state index contributed by atoms with van der Waals surface area (Å²) in [4.78, 5) is 4.98. The highest BCUT2D eigenvalue weighted by molar-refractivity contribution is 6.33. The smallest absolute Gasteiger partial charge is 0.0642 e. The van der Waals surface area contributed by atoms with Crippen molar-refractivity contribution in [2.45, 2.75) is 39.8 Å². The summed E-state index contributed by atoms with van der Waals surface area (Å²) in [6.07, 6.45) is 1.23. The molecule has 1 heterocycles. The Balaban J connectivity index is 2.02. The van der Waals surface area contributed by atoms with Crippen LogP contribution in [0.5, 0.6) is 0 Å². The van der Waals surface area contributed by atoms with E-state index in [4.69, 9.17) is 11.6 Å². The standard InChI is InChI=1S/C17H28ClN3/c1-4-19-12-14-7-8-17(16(18)11-14)21-10-9-15(13-21)20(5-2)6-3/h7-8,11,15,19H,4-6,9-10,12-13H2,1-3H3. The van der Waals surface area contributed by atoms with Crippen LogP contribution in [0.15, 0.2) is 18.2 Å². The maximum Gasteiger partial charge on any atom is 0.0642 e. The number of hydrogen-bond acceptors (Lipinski definition) is 3. The molecule has 118 valence electrons. The van der Waals surface area contributed by atoms with Crippen LogP contribution in [0.1, 0.15) is 32.8 Å². The van der Waals surface area contributed by atoms with Crippen molar-refractivity contribution in [3.8, 4) is 0 Å². The van der Waals surface area contributed by atoms with E-state index in [2.05, 4.69) is 54.1 Å². The lowest BCUT2D eigenvalue weighted by atomic mass is 10.2. The number of anilines is 1. The van der Waals surface area contributed by atoms with E-state index in [1.807, 2.05) is 0 Å². The summed E-state index contributed by atoms with van der Waals surface area (Å²) in [6, 6.07) is 7.14. The number of rotatable bonds is 7. The lowest BCUT2D eigenvalue weighted by Gasteiger charge is -2.27. The van der Waals surface area contributed by atoms with Gasteiger partial charge in [-0.25, -0.2) is 0 Å². The molecule has 1 fully saturated rings. The summed E-state index contributed by atoms with van der Waals surface area (Å²) < 4.78 is 0. The zero-order valence-corrected chi connectivity index (χ0v) is 14.3. The van der Waals surface area contributed by atoms with Crippen LogP contribution in [0, 0.1) is 0 Å². The normalized spacial score (nSPS) is 18.7. The molecule has 4 heteroatoms. The molecule has 0 aliphatic carbocycles. The summed E-state index contributed by atoms with van der Waals surface area (Å²) in [7, 11) is 0. The average molecular weight is 310 g/mol.